The molecule has 506 valence electrons. The number of rotatable bonds is 18. The second-order valence-corrected chi connectivity index (χ2v) is 23.6. The van der Waals surface area contributed by atoms with Crippen LogP contribution in [0.15, 0.2) is 182 Å². The molecule has 0 saturated heterocycles. The molecule has 12 heterocycles. The Bertz CT molecular complexity index is 3610. The molecule has 0 unspecified atom stereocenters. The fraction of sp³-hybridized carbons (Fsp3) is 0.270. The number of aromatic nitrogens is 8. The van der Waals surface area contributed by atoms with Gasteiger partial charge in [0.2, 0.25) is 0 Å². The first-order valence-corrected chi connectivity index (χ1v) is 31.8. The normalized spacial score (nSPS) is 15.3. The second-order valence-electron chi connectivity index (χ2n) is 23.6. The third-order valence-electron chi connectivity index (χ3n) is 16.5. The molecule has 2 radical (unpaired) electrons. The van der Waals surface area contributed by atoms with Gasteiger partial charge in [-0.25, -0.2) is 68.5 Å². The van der Waals surface area contributed by atoms with E-state index in [9.17, 15) is 0 Å². The quantitative estimate of drug-likeness (QED) is 0.0593. The molecule has 0 atom stereocenters. The van der Waals surface area contributed by atoms with E-state index in [2.05, 4.69) is 224 Å². The Morgan fingerprint density at radius 1 is 0.365 bits per heavy atom. The van der Waals surface area contributed by atoms with E-state index in [0.29, 0.717) is 11.8 Å². The Hall–Kier alpha value is -8.94. The van der Waals surface area contributed by atoms with Crippen molar-refractivity contribution in [3.8, 4) is 0 Å². The van der Waals surface area contributed by atoms with Gasteiger partial charge in [0.15, 0.2) is 0 Å². The number of unbranched alkanes of at least 4 members (excludes halogenated alkanes) is 2. The molecule has 22 heteroatoms. The number of benzene rings is 2. The van der Waals surface area contributed by atoms with Crippen LogP contribution in [0.4, 0.5) is 57.9 Å². The second kappa shape index (κ2) is 34.1. The first-order valence-electron chi connectivity index (χ1n) is 31.8. The van der Waals surface area contributed by atoms with E-state index >= 15 is 0 Å². The predicted octanol–water partition coefficient (Wildman–Crippen LogP) is 13.7. The third kappa shape index (κ3) is 17.5. The van der Waals surface area contributed by atoms with E-state index in [0.717, 1.165) is 110 Å². The molecule has 0 spiro atoms. The van der Waals surface area contributed by atoms with Crippen LogP contribution in [0.5, 0.6) is 0 Å². The minimum Gasteiger partial charge on any atom is -0.508 e. The number of anilines is 10. The maximum atomic E-state index is 4.43. The molecule has 0 saturated carbocycles. The van der Waals surface area contributed by atoms with Gasteiger partial charge in [0.25, 0.3) is 0 Å². The van der Waals surface area contributed by atoms with E-state index in [4.69, 9.17) is 0 Å². The van der Waals surface area contributed by atoms with Gasteiger partial charge in [-0.3, -0.25) is 19.9 Å². The van der Waals surface area contributed by atoms with Gasteiger partial charge in [0, 0.05) is 99.7 Å². The molecule has 20 nitrogen and oxygen atoms in total. The monoisotopic (exact) mass is 1630 g/mol. The zero-order valence-electron chi connectivity index (χ0n) is 55.9. The summed E-state index contributed by atoms with van der Waals surface area (Å²) in [6.45, 7) is 33.6. The van der Waals surface area contributed by atoms with Crippen LogP contribution in [-0.2, 0) is 40.2 Å². The summed E-state index contributed by atoms with van der Waals surface area (Å²) >= 11 is 0. The van der Waals surface area contributed by atoms with Crippen LogP contribution >= 0.6 is 0 Å². The van der Waals surface area contributed by atoms with Gasteiger partial charge in [0.05, 0.1) is 0 Å². The molecule has 0 amide bonds. The average molecular weight is 1630 g/mol. The molecule has 8 aromatic rings. The van der Waals surface area contributed by atoms with Crippen LogP contribution in [0.25, 0.3) is 0 Å². The molecule has 6 aliphatic heterocycles. The van der Waals surface area contributed by atoms with Gasteiger partial charge in [-0.2, -0.15) is 98.5 Å². The SMILES string of the molecule is CC(C)c1cc[c-]c(N2[CH-]N(C)c3nccnc32)c1.CC(C)c1cc[c-]c(N2[CH-]N(C)c3nccnc32)c1.CC1=C(C)N(c2[c-]cccn2)[CH-]N1CCCCN1[CH-]N(c2[c-]cccn2)C(C)=C1C.[Ir].[Ir].[c-]1cccnc1N1C=CN(CCCCN2C=CN(c3[c-]cccn3)[CH-]2)[CH-]1. The summed E-state index contributed by atoms with van der Waals surface area (Å²) in [5.74, 6) is 7.73. The van der Waals surface area contributed by atoms with Gasteiger partial charge in [-0.05, 0) is 142 Å². The molecule has 14 rings (SSSR count). The summed E-state index contributed by atoms with van der Waals surface area (Å²) in [6.07, 6.45) is 26.6. The van der Waals surface area contributed by atoms with Gasteiger partial charge >= 0.3 is 0 Å². The Morgan fingerprint density at radius 3 is 1.07 bits per heavy atom. The van der Waals surface area contributed by atoms with E-state index in [1.165, 1.54) is 33.9 Å². The van der Waals surface area contributed by atoms with Crippen molar-refractivity contribution in [1.82, 2.24) is 59.5 Å². The molecule has 96 heavy (non-hydrogen) atoms. The number of fused-ring (bicyclic) bond motifs is 2. The van der Waals surface area contributed by atoms with Crippen molar-refractivity contribution in [2.24, 2.45) is 0 Å². The first kappa shape index (κ1) is 71.4. The topological polar surface area (TPSA) is 142 Å². The zero-order chi connectivity index (χ0) is 65.5. The Balaban J connectivity index is 0.000000152. The summed E-state index contributed by atoms with van der Waals surface area (Å²) < 4.78 is 0. The average Bonchev–Trinajstić information content (AvgIpc) is 1.65. The maximum Gasteiger partial charge on any atom is 0.143 e. The van der Waals surface area contributed by atoms with Crippen molar-refractivity contribution in [3.05, 3.63) is 270 Å². The van der Waals surface area contributed by atoms with Crippen LogP contribution < -0.4 is 39.2 Å². The van der Waals surface area contributed by atoms with E-state index in [1.54, 1.807) is 49.6 Å². The van der Waals surface area contributed by atoms with E-state index in [1.807, 2.05) is 130 Å². The number of hydrogen-bond acceptors (Lipinski definition) is 20. The van der Waals surface area contributed by atoms with Crippen molar-refractivity contribution >= 4 is 57.9 Å². The third-order valence-corrected chi connectivity index (χ3v) is 16.5. The van der Waals surface area contributed by atoms with Crippen molar-refractivity contribution in [1.29, 1.82) is 0 Å². The maximum absolute atomic E-state index is 4.43. The smallest absolute Gasteiger partial charge is 0.143 e. The number of hydrogen-bond donors (Lipinski definition) is 0. The van der Waals surface area contributed by atoms with Crippen LogP contribution in [0, 0.1) is 76.4 Å². The Kier molecular flexibility index (Phi) is 25.4. The largest absolute Gasteiger partial charge is 0.508 e. The van der Waals surface area contributed by atoms with Crippen molar-refractivity contribution in [2.45, 2.75) is 92.9 Å². The van der Waals surface area contributed by atoms with E-state index in [-0.39, 0.29) is 40.2 Å². The first-order chi connectivity index (χ1) is 45.8. The molecular weight excluding hydrogens is 1550 g/mol. The molecule has 2 aromatic carbocycles. The van der Waals surface area contributed by atoms with Crippen LogP contribution in [0.2, 0.25) is 0 Å². The Morgan fingerprint density at radius 2 is 0.719 bits per heavy atom. The summed E-state index contributed by atoms with van der Waals surface area (Å²) in [7, 11) is 3.94. The van der Waals surface area contributed by atoms with Gasteiger partial charge in [0.1, 0.15) is 23.3 Å². The van der Waals surface area contributed by atoms with Crippen LogP contribution in [0.3, 0.4) is 0 Å². The fourth-order valence-electron chi connectivity index (χ4n) is 10.9. The van der Waals surface area contributed by atoms with Gasteiger partial charge in [-0.15, -0.1) is 36.8 Å². The van der Waals surface area contributed by atoms with Crippen molar-refractivity contribution in [2.75, 3.05) is 79.5 Å². The van der Waals surface area contributed by atoms with E-state index < -0.39 is 0 Å². The van der Waals surface area contributed by atoms with Crippen LogP contribution in [-0.4, -0.2) is 99.7 Å². The molecule has 0 bridgehead atoms. The number of nitrogens with zero attached hydrogens (tertiary/aromatic N) is 20. The molecule has 6 aromatic heterocycles. The van der Waals surface area contributed by atoms with Crippen molar-refractivity contribution in [3.63, 3.8) is 0 Å². The minimum absolute atomic E-state index is 0. The predicted molar refractivity (Wildman–Crippen MR) is 372 cm³/mol. The van der Waals surface area contributed by atoms with Gasteiger partial charge in [-0.1, -0.05) is 52.5 Å². The summed E-state index contributed by atoms with van der Waals surface area (Å²) in [5.41, 5.74) is 9.53. The van der Waals surface area contributed by atoms with Crippen LogP contribution in [0.1, 0.15) is 104 Å². The minimum atomic E-state index is 0. The summed E-state index contributed by atoms with van der Waals surface area (Å²) in [5, 5.41) is 0. The van der Waals surface area contributed by atoms with Gasteiger partial charge < -0.3 is 58.8 Å². The summed E-state index contributed by atoms with van der Waals surface area (Å²) in [6, 6.07) is 46.7. The molecule has 0 N–H and O–H groups in total. The fourth-order valence-corrected chi connectivity index (χ4v) is 10.9. The molecule has 0 aliphatic carbocycles. The molecule has 6 aliphatic rings. The standard InChI is InChI=1S/C24H28N6.C20H20N6.2C15H16N4.2Ir/c1-19-21(3)29(23-11-5-7-13-25-23)17-27(19)15-9-10-16-28-18-30(22(4)20(28)2)24-12-6-8-14-26-24;1-3-9-21-19(7-1)25-15-13-23(17-25)11-5-6-12-24-14-16-26(18-24)20-8-2-4-10-22-20;2*1-11(2)12-5-4-6-13(9-12)19-10-18(3)14-15(19)17-8-7-16-14;;/h5-8,13-14,17-18H,9-10,15-16H2,1-4H3;1-4,9-10,13-18H,5-6,11-12H2;2*4-5,7-11H,1-3H3;;/q2*-4;2*-2;;. The summed E-state index contributed by atoms with van der Waals surface area (Å²) in [4.78, 5) is 60.2. The zero-order valence-corrected chi connectivity index (χ0v) is 60.7. The molecule has 0 fully saturated rings. The Labute approximate surface area is 595 Å². The van der Waals surface area contributed by atoms with Crippen molar-refractivity contribution < 1.29 is 40.2 Å². The molecular formula is C74H80Ir2N20-12. The number of pyridine rings is 4. The number of allylic oxidation sites excluding steroid dienone is 4.